The molecule has 1 aliphatic heterocycles. The summed E-state index contributed by atoms with van der Waals surface area (Å²) >= 11 is 0. The lowest BCUT2D eigenvalue weighted by Gasteiger charge is -2.33. The van der Waals surface area contributed by atoms with Crippen LogP contribution in [0, 0.1) is 0 Å². The minimum absolute atomic E-state index is 0.218. The molecule has 27 heavy (non-hydrogen) atoms. The van der Waals surface area contributed by atoms with Crippen molar-refractivity contribution in [3.05, 3.63) is 53.5 Å². The van der Waals surface area contributed by atoms with Crippen LogP contribution in [-0.2, 0) is 12.0 Å². The van der Waals surface area contributed by atoms with E-state index >= 15 is 0 Å². The maximum atomic E-state index is 4.73. The summed E-state index contributed by atoms with van der Waals surface area (Å²) in [5.41, 5.74) is 3.02. The van der Waals surface area contributed by atoms with E-state index < -0.39 is 0 Å². The van der Waals surface area contributed by atoms with Crippen molar-refractivity contribution in [3.8, 4) is 0 Å². The molecular weight excluding hydrogens is 332 g/mol. The Kier molecular flexibility index (Phi) is 5.18. The number of anilines is 1. The highest BCUT2D eigenvalue weighted by Gasteiger charge is 2.27. The number of rotatable bonds is 5. The fourth-order valence-electron chi connectivity index (χ4n) is 3.89. The summed E-state index contributed by atoms with van der Waals surface area (Å²) in [6, 6.07) is 11.6. The molecule has 1 atom stereocenters. The van der Waals surface area contributed by atoms with Gasteiger partial charge in [-0.2, -0.15) is 0 Å². The van der Waals surface area contributed by atoms with E-state index in [1.165, 1.54) is 43.4 Å². The molecule has 0 amide bonds. The van der Waals surface area contributed by atoms with Gasteiger partial charge in [-0.3, -0.25) is 4.90 Å². The molecule has 1 aliphatic carbocycles. The second kappa shape index (κ2) is 7.59. The van der Waals surface area contributed by atoms with E-state index in [1.54, 1.807) is 0 Å². The molecule has 2 aromatic rings. The van der Waals surface area contributed by atoms with Crippen molar-refractivity contribution in [2.75, 3.05) is 18.4 Å². The van der Waals surface area contributed by atoms with Gasteiger partial charge in [-0.15, -0.1) is 0 Å². The Morgan fingerprint density at radius 3 is 2.56 bits per heavy atom. The molecule has 1 aromatic heterocycles. The molecule has 2 aliphatic rings. The van der Waals surface area contributed by atoms with Gasteiger partial charge < -0.3 is 5.32 Å². The standard InChI is InChI=1S/C23H32N4/c1-23(2,3)19-10-6-17(7-11-19)15-27-14-4-5-20(16-27)25-21-12-13-24-22(26-21)18-8-9-18/h6-7,10-13,18,20H,4-5,8-9,14-16H2,1-3H3,(H,24,25,26). The van der Waals surface area contributed by atoms with Crippen molar-refractivity contribution < 1.29 is 0 Å². The van der Waals surface area contributed by atoms with E-state index in [9.17, 15) is 0 Å². The second-order valence-electron chi connectivity index (χ2n) is 9.24. The summed E-state index contributed by atoms with van der Waals surface area (Å²) in [5.74, 6) is 2.62. The van der Waals surface area contributed by atoms with Gasteiger partial charge in [0.15, 0.2) is 0 Å². The molecule has 0 radical (unpaired) electrons. The van der Waals surface area contributed by atoms with Crippen LogP contribution in [0.3, 0.4) is 0 Å². The number of aromatic nitrogens is 2. The van der Waals surface area contributed by atoms with Crippen LogP contribution in [0.1, 0.15) is 69.3 Å². The normalized spacial score (nSPS) is 21.2. The monoisotopic (exact) mass is 364 g/mol. The number of hydrogen-bond acceptors (Lipinski definition) is 4. The highest BCUT2D eigenvalue weighted by atomic mass is 15.2. The lowest BCUT2D eigenvalue weighted by atomic mass is 9.86. The van der Waals surface area contributed by atoms with Gasteiger partial charge in [-0.1, -0.05) is 45.0 Å². The summed E-state index contributed by atoms with van der Waals surface area (Å²) in [6.07, 6.45) is 6.84. The van der Waals surface area contributed by atoms with Crippen molar-refractivity contribution in [3.63, 3.8) is 0 Å². The molecule has 2 heterocycles. The molecule has 144 valence electrons. The Hall–Kier alpha value is -1.94. The van der Waals surface area contributed by atoms with Gasteiger partial charge in [-0.05, 0) is 54.8 Å². The van der Waals surface area contributed by atoms with E-state index in [-0.39, 0.29) is 5.41 Å². The molecule has 0 spiro atoms. The molecule has 1 aromatic carbocycles. The minimum Gasteiger partial charge on any atom is -0.366 e. The first-order valence-electron chi connectivity index (χ1n) is 10.4. The molecule has 4 nitrogen and oxygen atoms in total. The summed E-state index contributed by atoms with van der Waals surface area (Å²) in [7, 11) is 0. The summed E-state index contributed by atoms with van der Waals surface area (Å²) < 4.78 is 0. The van der Waals surface area contributed by atoms with E-state index in [1.807, 2.05) is 12.3 Å². The Balaban J connectivity index is 1.34. The van der Waals surface area contributed by atoms with Crippen LogP contribution >= 0.6 is 0 Å². The lowest BCUT2D eigenvalue weighted by Crippen LogP contribution is -2.41. The molecule has 4 rings (SSSR count). The molecule has 1 saturated heterocycles. The lowest BCUT2D eigenvalue weighted by molar-refractivity contribution is 0.208. The van der Waals surface area contributed by atoms with Crippen molar-refractivity contribution in [1.82, 2.24) is 14.9 Å². The van der Waals surface area contributed by atoms with Crippen LogP contribution in [0.2, 0.25) is 0 Å². The quantitative estimate of drug-likeness (QED) is 0.833. The average molecular weight is 365 g/mol. The van der Waals surface area contributed by atoms with Crippen LogP contribution in [-0.4, -0.2) is 34.0 Å². The third-order valence-corrected chi connectivity index (χ3v) is 5.70. The molecule has 0 bridgehead atoms. The highest BCUT2D eigenvalue weighted by molar-refractivity contribution is 5.35. The van der Waals surface area contributed by atoms with Crippen molar-refractivity contribution in [2.24, 2.45) is 0 Å². The first-order chi connectivity index (χ1) is 13.0. The number of benzene rings is 1. The van der Waals surface area contributed by atoms with E-state index in [2.05, 4.69) is 60.2 Å². The maximum absolute atomic E-state index is 4.73. The highest BCUT2D eigenvalue weighted by Crippen LogP contribution is 2.38. The second-order valence-corrected chi connectivity index (χ2v) is 9.24. The fraction of sp³-hybridized carbons (Fsp3) is 0.565. The zero-order chi connectivity index (χ0) is 18.9. The molecule has 1 N–H and O–H groups in total. The van der Waals surface area contributed by atoms with Crippen molar-refractivity contribution >= 4 is 5.82 Å². The number of nitrogens with zero attached hydrogens (tertiary/aromatic N) is 3. The van der Waals surface area contributed by atoms with Crippen LogP contribution in [0.5, 0.6) is 0 Å². The maximum Gasteiger partial charge on any atom is 0.133 e. The first-order valence-corrected chi connectivity index (χ1v) is 10.4. The third kappa shape index (κ3) is 4.86. The van der Waals surface area contributed by atoms with Gasteiger partial charge in [0.2, 0.25) is 0 Å². The molecule has 2 fully saturated rings. The summed E-state index contributed by atoms with van der Waals surface area (Å²) in [4.78, 5) is 11.7. The predicted octanol–water partition coefficient (Wildman–Crippen LogP) is 4.73. The van der Waals surface area contributed by atoms with E-state index in [0.717, 1.165) is 24.7 Å². The van der Waals surface area contributed by atoms with Gasteiger partial charge in [0.1, 0.15) is 11.6 Å². The van der Waals surface area contributed by atoms with Crippen LogP contribution < -0.4 is 5.32 Å². The smallest absolute Gasteiger partial charge is 0.133 e. The van der Waals surface area contributed by atoms with Gasteiger partial charge >= 0.3 is 0 Å². The fourth-order valence-corrected chi connectivity index (χ4v) is 3.89. The largest absolute Gasteiger partial charge is 0.366 e. The SMILES string of the molecule is CC(C)(C)c1ccc(CN2CCCC(Nc3ccnc(C4CC4)n3)C2)cc1. The number of piperidine rings is 1. The van der Waals surface area contributed by atoms with Crippen molar-refractivity contribution in [1.29, 1.82) is 0 Å². The number of likely N-dealkylation sites (tertiary alicyclic amines) is 1. The van der Waals surface area contributed by atoms with Gasteiger partial charge in [0.25, 0.3) is 0 Å². The third-order valence-electron chi connectivity index (χ3n) is 5.70. The van der Waals surface area contributed by atoms with Crippen molar-refractivity contribution in [2.45, 2.75) is 70.4 Å². The minimum atomic E-state index is 0.218. The van der Waals surface area contributed by atoms with E-state index in [0.29, 0.717) is 12.0 Å². The van der Waals surface area contributed by atoms with Gasteiger partial charge in [0, 0.05) is 31.2 Å². The van der Waals surface area contributed by atoms with E-state index in [4.69, 9.17) is 4.98 Å². The first kappa shape index (κ1) is 18.4. The number of nitrogens with one attached hydrogen (secondary N) is 1. The van der Waals surface area contributed by atoms with Crippen LogP contribution in [0.4, 0.5) is 5.82 Å². The zero-order valence-corrected chi connectivity index (χ0v) is 16.9. The predicted molar refractivity (Wildman–Crippen MR) is 111 cm³/mol. The van der Waals surface area contributed by atoms with Gasteiger partial charge in [-0.25, -0.2) is 9.97 Å². The van der Waals surface area contributed by atoms with Crippen LogP contribution in [0.15, 0.2) is 36.5 Å². The Labute approximate surface area is 163 Å². The Morgan fingerprint density at radius 2 is 1.85 bits per heavy atom. The summed E-state index contributed by atoms with van der Waals surface area (Å²) in [6.45, 7) is 10.1. The molecular formula is C23H32N4. The zero-order valence-electron chi connectivity index (χ0n) is 16.9. The molecule has 1 saturated carbocycles. The van der Waals surface area contributed by atoms with Crippen LogP contribution in [0.25, 0.3) is 0 Å². The topological polar surface area (TPSA) is 41.0 Å². The van der Waals surface area contributed by atoms with Gasteiger partial charge in [0.05, 0.1) is 0 Å². The summed E-state index contributed by atoms with van der Waals surface area (Å²) in [5, 5.41) is 3.66. The molecule has 4 heteroatoms. The average Bonchev–Trinajstić information content (AvgIpc) is 3.47. The Morgan fingerprint density at radius 1 is 1.07 bits per heavy atom. The molecule has 1 unspecified atom stereocenters. The number of hydrogen-bond donors (Lipinski definition) is 1. The Bertz CT molecular complexity index is 759.